The Labute approximate surface area is 127 Å². The maximum atomic E-state index is 12.1. The van der Waals surface area contributed by atoms with E-state index < -0.39 is 9.84 Å². The number of rotatable bonds is 4. The van der Waals surface area contributed by atoms with Crippen molar-refractivity contribution < 1.29 is 13.3 Å². The van der Waals surface area contributed by atoms with Crippen LogP contribution in [0.4, 0.5) is 0 Å². The van der Waals surface area contributed by atoms with E-state index in [4.69, 9.17) is 4.84 Å². The molecule has 21 heavy (non-hydrogen) atoms. The van der Waals surface area contributed by atoms with Crippen LogP contribution in [0.25, 0.3) is 0 Å². The fourth-order valence-corrected chi connectivity index (χ4v) is 3.66. The second-order valence-corrected chi connectivity index (χ2v) is 8.06. The summed E-state index contributed by atoms with van der Waals surface area (Å²) in [5, 5.41) is 4.04. The Hall–Kier alpha value is -1.36. The Morgan fingerprint density at radius 1 is 1.24 bits per heavy atom. The summed E-state index contributed by atoms with van der Waals surface area (Å²) >= 11 is 0. The Kier molecular flexibility index (Phi) is 4.42. The summed E-state index contributed by atoms with van der Waals surface area (Å²) in [6, 6.07) is 3.66. The molecule has 0 spiro atoms. The number of benzene rings is 1. The molecule has 0 aromatic heterocycles. The first-order valence-corrected chi connectivity index (χ1v) is 9.15. The molecule has 0 saturated heterocycles. The molecule has 0 aliphatic carbocycles. The van der Waals surface area contributed by atoms with Crippen LogP contribution in [0.1, 0.15) is 49.8 Å². The van der Waals surface area contributed by atoms with Gasteiger partial charge in [0, 0.05) is 18.2 Å². The zero-order chi connectivity index (χ0) is 15.8. The van der Waals surface area contributed by atoms with Gasteiger partial charge >= 0.3 is 0 Å². The van der Waals surface area contributed by atoms with Crippen molar-refractivity contribution in [1.82, 2.24) is 0 Å². The molecule has 0 radical (unpaired) electrons. The highest BCUT2D eigenvalue weighted by Gasteiger charge is 2.25. The monoisotopic (exact) mass is 309 g/mol. The predicted molar refractivity (Wildman–Crippen MR) is 84.6 cm³/mol. The van der Waals surface area contributed by atoms with Crippen LogP contribution in [0.2, 0.25) is 0 Å². The molecule has 0 N–H and O–H groups in total. The van der Waals surface area contributed by atoms with Crippen molar-refractivity contribution in [3.8, 4) is 0 Å². The molecule has 1 aliphatic heterocycles. The summed E-state index contributed by atoms with van der Waals surface area (Å²) in [5.41, 5.74) is 3.66. The van der Waals surface area contributed by atoms with E-state index in [9.17, 15) is 8.42 Å². The van der Waals surface area contributed by atoms with Gasteiger partial charge in [0.05, 0.1) is 10.6 Å². The smallest absolute Gasteiger partial charge is 0.176 e. The second kappa shape index (κ2) is 5.79. The molecule has 1 aromatic carbocycles. The molecule has 1 unspecified atom stereocenters. The lowest BCUT2D eigenvalue weighted by Gasteiger charge is -2.22. The highest BCUT2D eigenvalue weighted by Crippen LogP contribution is 2.33. The van der Waals surface area contributed by atoms with Crippen molar-refractivity contribution in [2.75, 3.05) is 12.9 Å². The lowest BCUT2D eigenvalue weighted by Crippen LogP contribution is -2.14. The quantitative estimate of drug-likeness (QED) is 0.857. The van der Waals surface area contributed by atoms with Crippen molar-refractivity contribution in [2.45, 2.75) is 44.9 Å². The lowest BCUT2D eigenvalue weighted by molar-refractivity contribution is 0.174. The fourth-order valence-electron chi connectivity index (χ4n) is 2.71. The number of nitrogens with zero attached hydrogens (tertiary/aromatic N) is 1. The molecule has 116 valence electrons. The van der Waals surface area contributed by atoms with E-state index in [1.54, 1.807) is 6.07 Å². The van der Waals surface area contributed by atoms with E-state index in [0.717, 1.165) is 16.8 Å². The van der Waals surface area contributed by atoms with Crippen molar-refractivity contribution in [2.24, 2.45) is 11.1 Å². The zero-order valence-electron chi connectivity index (χ0n) is 13.3. The maximum Gasteiger partial charge on any atom is 0.176 e. The Balaban J connectivity index is 2.69. The van der Waals surface area contributed by atoms with E-state index in [1.165, 1.54) is 11.8 Å². The Bertz CT molecular complexity index is 675. The molecule has 1 aromatic rings. The lowest BCUT2D eigenvalue weighted by atomic mass is 9.85. The topological polar surface area (TPSA) is 55.7 Å². The molecular weight excluding hydrogens is 286 g/mol. The molecule has 1 aliphatic rings. The summed E-state index contributed by atoms with van der Waals surface area (Å²) in [4.78, 5) is 5.43. The number of hydrogen-bond acceptors (Lipinski definition) is 4. The Morgan fingerprint density at radius 3 is 2.38 bits per heavy atom. The van der Waals surface area contributed by atoms with Crippen molar-refractivity contribution in [3.05, 3.63) is 28.8 Å². The van der Waals surface area contributed by atoms with Crippen LogP contribution in [0.3, 0.4) is 0 Å². The molecule has 2 rings (SSSR count). The molecule has 0 saturated carbocycles. The first kappa shape index (κ1) is 16.0. The van der Waals surface area contributed by atoms with Gasteiger partial charge in [0.15, 0.2) is 9.84 Å². The molecule has 0 bridgehead atoms. The van der Waals surface area contributed by atoms with E-state index in [2.05, 4.69) is 25.9 Å². The highest BCUT2D eigenvalue weighted by atomic mass is 32.2. The summed E-state index contributed by atoms with van der Waals surface area (Å²) in [7, 11) is -3.29. The van der Waals surface area contributed by atoms with E-state index in [0.29, 0.717) is 29.8 Å². The van der Waals surface area contributed by atoms with Gasteiger partial charge in [0.1, 0.15) is 6.61 Å². The van der Waals surface area contributed by atoms with Crippen LogP contribution in [-0.2, 0) is 14.7 Å². The van der Waals surface area contributed by atoms with Gasteiger partial charge in [0.25, 0.3) is 0 Å². The number of sulfone groups is 1. The SMILES string of the molecule is Cc1c(C(C)C(C)C)ccc(S(C)(=O)=O)c1C1=NOCC1. The molecule has 1 heterocycles. The van der Waals surface area contributed by atoms with E-state index >= 15 is 0 Å². The average molecular weight is 309 g/mol. The van der Waals surface area contributed by atoms with Crippen LogP contribution >= 0.6 is 0 Å². The fraction of sp³-hybridized carbons (Fsp3) is 0.562. The standard InChI is InChI=1S/C16H23NO3S/c1-10(2)11(3)13-6-7-15(21(5,18)19)16(12(13)4)14-8-9-20-17-14/h6-7,10-11H,8-9H2,1-5H3. The summed E-state index contributed by atoms with van der Waals surface area (Å²) < 4.78 is 24.2. The molecule has 0 fully saturated rings. The first-order chi connectivity index (χ1) is 9.73. The van der Waals surface area contributed by atoms with Crippen LogP contribution in [0.5, 0.6) is 0 Å². The van der Waals surface area contributed by atoms with Gasteiger partial charge < -0.3 is 4.84 Å². The van der Waals surface area contributed by atoms with Gasteiger partial charge in [-0.25, -0.2) is 8.42 Å². The van der Waals surface area contributed by atoms with Crippen LogP contribution in [-0.4, -0.2) is 27.0 Å². The summed E-state index contributed by atoms with van der Waals surface area (Å²) in [6.07, 6.45) is 1.90. The third kappa shape index (κ3) is 3.12. The minimum Gasteiger partial charge on any atom is -0.395 e. The minimum absolute atomic E-state index is 0.351. The second-order valence-electron chi connectivity index (χ2n) is 6.08. The predicted octanol–water partition coefficient (Wildman–Crippen LogP) is 3.28. The molecule has 4 nitrogen and oxygen atoms in total. The van der Waals surface area contributed by atoms with Gasteiger partial charge in [0.2, 0.25) is 0 Å². The maximum absolute atomic E-state index is 12.1. The Morgan fingerprint density at radius 2 is 1.90 bits per heavy atom. The highest BCUT2D eigenvalue weighted by molar-refractivity contribution is 7.90. The number of oxime groups is 1. The van der Waals surface area contributed by atoms with Gasteiger partial charge in [-0.15, -0.1) is 0 Å². The van der Waals surface area contributed by atoms with E-state index in [-0.39, 0.29) is 0 Å². The third-order valence-corrected chi connectivity index (χ3v) is 5.39. The minimum atomic E-state index is -3.29. The summed E-state index contributed by atoms with van der Waals surface area (Å²) in [5.74, 6) is 0.850. The summed E-state index contributed by atoms with van der Waals surface area (Å²) in [6.45, 7) is 9.01. The third-order valence-electron chi connectivity index (χ3n) is 4.25. The van der Waals surface area contributed by atoms with Crippen LogP contribution in [0, 0.1) is 12.8 Å². The first-order valence-electron chi connectivity index (χ1n) is 7.26. The number of hydrogen-bond donors (Lipinski definition) is 0. The molecule has 1 atom stereocenters. The van der Waals surface area contributed by atoms with Gasteiger partial charge in [-0.05, 0) is 36.0 Å². The van der Waals surface area contributed by atoms with Crippen molar-refractivity contribution in [3.63, 3.8) is 0 Å². The van der Waals surface area contributed by atoms with Gasteiger partial charge in [-0.1, -0.05) is 32.0 Å². The van der Waals surface area contributed by atoms with Gasteiger partial charge in [-0.2, -0.15) is 0 Å². The zero-order valence-corrected chi connectivity index (χ0v) is 14.1. The largest absolute Gasteiger partial charge is 0.395 e. The van der Waals surface area contributed by atoms with Crippen LogP contribution in [0.15, 0.2) is 22.2 Å². The normalized spacial score (nSPS) is 16.8. The van der Waals surface area contributed by atoms with Crippen molar-refractivity contribution >= 4 is 15.5 Å². The molecule has 5 heteroatoms. The van der Waals surface area contributed by atoms with Crippen molar-refractivity contribution in [1.29, 1.82) is 0 Å². The van der Waals surface area contributed by atoms with E-state index in [1.807, 2.05) is 13.0 Å². The van der Waals surface area contributed by atoms with Crippen LogP contribution < -0.4 is 0 Å². The average Bonchev–Trinajstić information content (AvgIpc) is 2.89. The van der Waals surface area contributed by atoms with Gasteiger partial charge in [-0.3, -0.25) is 0 Å². The molecule has 0 amide bonds. The molecular formula is C16H23NO3S.